The van der Waals surface area contributed by atoms with Crippen LogP contribution in [-0.2, 0) is 35.1 Å². The summed E-state index contributed by atoms with van der Waals surface area (Å²) in [5, 5.41) is 8.29. The minimum atomic E-state index is -0.820. The number of piperidine rings is 2. The number of nitrogens with zero attached hydrogens (tertiary/aromatic N) is 3. The van der Waals surface area contributed by atoms with Crippen LogP contribution < -0.4 is 10.6 Å². The second-order valence-corrected chi connectivity index (χ2v) is 16.4. The van der Waals surface area contributed by atoms with Gasteiger partial charge < -0.3 is 25.0 Å². The molecule has 3 aliphatic rings. The topological polar surface area (TPSA) is 147 Å². The maximum Gasteiger partial charge on any atom is 0.308 e. The van der Waals surface area contributed by atoms with E-state index in [0.29, 0.717) is 30.2 Å². The van der Waals surface area contributed by atoms with Crippen molar-refractivity contribution in [2.45, 2.75) is 116 Å². The van der Waals surface area contributed by atoms with Crippen molar-refractivity contribution >= 4 is 41.0 Å². The number of methoxy groups -OCH3 is 1. The van der Waals surface area contributed by atoms with E-state index in [1.807, 2.05) is 65.1 Å². The van der Waals surface area contributed by atoms with E-state index >= 15 is 0 Å². The molecule has 3 amide bonds. The number of fused-ring (bicyclic) bond motifs is 2. The number of amides is 3. The molecule has 12 nitrogen and oxygen atoms in total. The first kappa shape index (κ1) is 41.9. The lowest BCUT2D eigenvalue weighted by atomic mass is 9.62. The van der Waals surface area contributed by atoms with E-state index in [-0.39, 0.29) is 53.8 Å². The SMILES string of the molecule is CC[C@H](C)[C@H](NC(=O)C12CC(CCN1C)C2)C(=O)N(C)[C@H](C[C@@H](OC(C)=O)c1nc(C(=O)N[C@@H](Cc2ccccc2)C[C@H](C)C(=O)OC)cs1)C(C)C. The Kier molecular flexibility index (Phi) is 14.6. The van der Waals surface area contributed by atoms with Gasteiger partial charge in [-0.2, -0.15) is 0 Å². The van der Waals surface area contributed by atoms with Crippen molar-refractivity contribution in [3.63, 3.8) is 0 Å². The molecule has 2 aromatic rings. The highest BCUT2D eigenvalue weighted by Crippen LogP contribution is 2.48. The Bertz CT molecular complexity index is 1580. The Balaban J connectivity index is 1.51. The number of nitrogens with one attached hydrogen (secondary N) is 2. The number of benzene rings is 1. The second-order valence-electron chi connectivity index (χ2n) is 15.5. The van der Waals surface area contributed by atoms with Crippen LogP contribution in [0.4, 0.5) is 0 Å². The lowest BCUT2D eigenvalue weighted by Crippen LogP contribution is -2.70. The fourth-order valence-corrected chi connectivity index (χ4v) is 8.65. The van der Waals surface area contributed by atoms with Crippen LogP contribution in [0.3, 0.4) is 0 Å². The summed E-state index contributed by atoms with van der Waals surface area (Å²) in [6.07, 6.45) is 3.74. The summed E-state index contributed by atoms with van der Waals surface area (Å²) in [7, 11) is 5.08. The van der Waals surface area contributed by atoms with E-state index in [0.717, 1.165) is 31.4 Å². The van der Waals surface area contributed by atoms with Crippen LogP contribution in [0.25, 0.3) is 0 Å². The van der Waals surface area contributed by atoms with Gasteiger partial charge in [0.05, 0.1) is 13.0 Å². The molecule has 0 unspecified atom stereocenters. The molecule has 6 atom stereocenters. The van der Waals surface area contributed by atoms with E-state index in [1.54, 1.807) is 24.3 Å². The molecule has 1 aromatic heterocycles. The molecule has 3 fully saturated rings. The molecule has 5 rings (SSSR count). The Morgan fingerprint density at radius 1 is 1.06 bits per heavy atom. The number of ether oxygens (including phenoxy) is 2. The van der Waals surface area contributed by atoms with Gasteiger partial charge in [-0.15, -0.1) is 11.3 Å². The maximum absolute atomic E-state index is 14.3. The molecule has 1 aromatic carbocycles. The molecule has 292 valence electrons. The Morgan fingerprint density at radius 3 is 2.32 bits per heavy atom. The van der Waals surface area contributed by atoms with Gasteiger partial charge in [-0.1, -0.05) is 71.4 Å². The van der Waals surface area contributed by atoms with Crippen molar-refractivity contribution in [3.05, 3.63) is 52.0 Å². The van der Waals surface area contributed by atoms with E-state index in [2.05, 4.69) is 20.5 Å². The number of hydrogen-bond acceptors (Lipinski definition) is 10. The average Bonchev–Trinajstić information content (AvgIpc) is 3.61. The molecule has 3 heterocycles. The monoisotopic (exact) mass is 753 g/mol. The van der Waals surface area contributed by atoms with Gasteiger partial charge in [-0.25, -0.2) is 4.98 Å². The van der Waals surface area contributed by atoms with E-state index < -0.39 is 35.5 Å². The van der Waals surface area contributed by atoms with Crippen molar-refractivity contribution in [3.8, 4) is 0 Å². The van der Waals surface area contributed by atoms with Crippen molar-refractivity contribution in [1.29, 1.82) is 0 Å². The van der Waals surface area contributed by atoms with Gasteiger partial charge in [0.15, 0.2) is 6.10 Å². The normalized spacial score (nSPS) is 21.6. The van der Waals surface area contributed by atoms with Gasteiger partial charge >= 0.3 is 11.9 Å². The molecular formula is C40H59N5O7S. The summed E-state index contributed by atoms with van der Waals surface area (Å²) >= 11 is 1.21. The quantitative estimate of drug-likeness (QED) is 0.197. The highest BCUT2D eigenvalue weighted by molar-refractivity contribution is 7.09. The van der Waals surface area contributed by atoms with Gasteiger partial charge in [-0.05, 0) is 69.0 Å². The lowest BCUT2D eigenvalue weighted by molar-refractivity contribution is -0.155. The highest BCUT2D eigenvalue weighted by Gasteiger charge is 2.56. The highest BCUT2D eigenvalue weighted by atomic mass is 32.1. The van der Waals surface area contributed by atoms with Crippen molar-refractivity contribution in [2.75, 3.05) is 27.7 Å². The number of hydrogen-bond donors (Lipinski definition) is 2. The third-order valence-electron chi connectivity index (χ3n) is 11.4. The lowest BCUT2D eigenvalue weighted by Gasteiger charge is -2.57. The van der Waals surface area contributed by atoms with Crippen molar-refractivity contribution in [2.24, 2.45) is 23.7 Å². The zero-order chi connectivity index (χ0) is 39.0. The second kappa shape index (κ2) is 18.5. The number of aromatic nitrogens is 1. The standard InChI is InChI=1S/C40H59N5O7S/c1-10-25(4)34(43-39(50)40-21-29(22-40)16-17-44(40)7)37(48)45(8)32(24(2)3)20-33(52-27(6)46)36-42-31(23-53-36)35(47)41-30(18-26(5)38(49)51-9)19-28-14-12-11-13-15-28/h11-15,23-26,29-30,32-34H,10,16-22H2,1-9H3,(H,41,47)(H,43,50)/t25-,26-,29?,30+,32+,33+,34-,40?/m0/s1. The Morgan fingerprint density at radius 2 is 1.74 bits per heavy atom. The molecule has 53 heavy (non-hydrogen) atoms. The zero-order valence-electron chi connectivity index (χ0n) is 32.8. The minimum absolute atomic E-state index is 0.0379. The van der Waals surface area contributed by atoms with E-state index in [1.165, 1.54) is 25.4 Å². The number of thiazole rings is 1. The van der Waals surface area contributed by atoms with Gasteiger partial charge in [-0.3, -0.25) is 28.9 Å². The summed E-state index contributed by atoms with van der Waals surface area (Å²) in [5.74, 6) is -1.56. The molecule has 1 saturated carbocycles. The first-order valence-corrected chi connectivity index (χ1v) is 19.8. The maximum atomic E-state index is 14.3. The average molecular weight is 754 g/mol. The Labute approximate surface area is 318 Å². The number of esters is 2. The smallest absolute Gasteiger partial charge is 0.308 e. The van der Waals surface area contributed by atoms with Gasteiger partial charge in [0, 0.05) is 37.9 Å². The summed E-state index contributed by atoms with van der Waals surface area (Å²) in [6.45, 7) is 12.0. The predicted molar refractivity (Wildman–Crippen MR) is 204 cm³/mol. The molecule has 0 radical (unpaired) electrons. The van der Waals surface area contributed by atoms with Crippen LogP contribution in [0.2, 0.25) is 0 Å². The summed E-state index contributed by atoms with van der Waals surface area (Å²) in [5.41, 5.74) is 0.623. The van der Waals surface area contributed by atoms with Crippen LogP contribution >= 0.6 is 11.3 Å². The molecule has 2 saturated heterocycles. The summed E-state index contributed by atoms with van der Waals surface area (Å²) < 4.78 is 10.7. The first-order chi connectivity index (χ1) is 25.1. The molecule has 2 N–H and O–H groups in total. The largest absolute Gasteiger partial charge is 0.469 e. The third kappa shape index (κ3) is 10.2. The minimum Gasteiger partial charge on any atom is -0.469 e. The Hall–Kier alpha value is -3.84. The van der Waals surface area contributed by atoms with Gasteiger partial charge in [0.1, 0.15) is 22.3 Å². The van der Waals surface area contributed by atoms with Crippen LogP contribution in [0.1, 0.15) is 107 Å². The molecular weight excluding hydrogens is 695 g/mol. The number of carbonyl (C=O) groups excluding carboxylic acids is 5. The van der Waals surface area contributed by atoms with Gasteiger partial charge in [0.2, 0.25) is 11.8 Å². The summed E-state index contributed by atoms with van der Waals surface area (Å²) in [4.78, 5) is 74.8. The van der Waals surface area contributed by atoms with Crippen LogP contribution in [-0.4, -0.2) is 95.9 Å². The van der Waals surface area contributed by atoms with Crippen molar-refractivity contribution in [1.82, 2.24) is 25.4 Å². The van der Waals surface area contributed by atoms with Crippen LogP contribution in [0.15, 0.2) is 35.7 Å². The molecule has 2 bridgehead atoms. The molecule has 1 aliphatic carbocycles. The van der Waals surface area contributed by atoms with Gasteiger partial charge in [0.25, 0.3) is 5.91 Å². The molecule has 13 heteroatoms. The zero-order valence-corrected chi connectivity index (χ0v) is 33.7. The first-order valence-electron chi connectivity index (χ1n) is 18.9. The van der Waals surface area contributed by atoms with Crippen LogP contribution in [0, 0.1) is 23.7 Å². The van der Waals surface area contributed by atoms with E-state index in [9.17, 15) is 24.0 Å². The number of carbonyl (C=O) groups is 5. The van der Waals surface area contributed by atoms with Crippen molar-refractivity contribution < 1.29 is 33.4 Å². The number of likely N-dealkylation sites (N-methyl/N-ethyl adjacent to an activating group) is 2. The fourth-order valence-electron chi connectivity index (χ4n) is 7.81. The number of rotatable bonds is 18. The third-order valence-corrected chi connectivity index (χ3v) is 12.3. The van der Waals surface area contributed by atoms with E-state index in [4.69, 9.17) is 9.47 Å². The predicted octanol–water partition coefficient (Wildman–Crippen LogP) is 5.18. The molecule has 0 spiro atoms. The fraction of sp³-hybridized carbons (Fsp3) is 0.650. The molecule has 2 aliphatic heterocycles. The summed E-state index contributed by atoms with van der Waals surface area (Å²) in [6, 6.07) is 8.24. The van der Waals surface area contributed by atoms with Crippen LogP contribution in [0.5, 0.6) is 0 Å².